The summed E-state index contributed by atoms with van der Waals surface area (Å²) in [5.41, 5.74) is 1.31. The Morgan fingerprint density at radius 2 is 1.87 bits per heavy atom. The van der Waals surface area contributed by atoms with Crippen LogP contribution in [0.5, 0.6) is 0 Å². The van der Waals surface area contributed by atoms with Gasteiger partial charge in [0, 0.05) is 42.4 Å². The highest BCUT2D eigenvalue weighted by Gasteiger charge is 2.18. The number of carbonyl (C=O) groups is 1. The molecule has 0 unspecified atom stereocenters. The van der Waals surface area contributed by atoms with E-state index in [0.29, 0.717) is 23.2 Å². The molecule has 0 radical (unpaired) electrons. The van der Waals surface area contributed by atoms with Crippen molar-refractivity contribution >= 4 is 22.8 Å². The molecular weight excluding hydrogens is 414 g/mol. The van der Waals surface area contributed by atoms with Crippen molar-refractivity contribution in [1.29, 1.82) is 0 Å². The number of nitrogens with zero attached hydrogens (tertiary/aromatic N) is 4. The van der Waals surface area contributed by atoms with Crippen LogP contribution >= 0.6 is 11.3 Å². The van der Waals surface area contributed by atoms with E-state index in [1.54, 1.807) is 12.4 Å². The third-order valence-electron chi connectivity index (χ3n) is 4.75. The molecule has 3 aromatic rings. The van der Waals surface area contributed by atoms with Crippen molar-refractivity contribution in [1.82, 2.24) is 15.2 Å². The van der Waals surface area contributed by atoms with Gasteiger partial charge in [0.15, 0.2) is 5.78 Å². The van der Waals surface area contributed by atoms with Crippen molar-refractivity contribution in [2.75, 3.05) is 37.8 Å². The van der Waals surface area contributed by atoms with Crippen molar-refractivity contribution < 1.29 is 23.4 Å². The molecule has 4 rings (SSSR count). The summed E-state index contributed by atoms with van der Waals surface area (Å²) in [4.78, 5) is 17.9. The Bertz CT molecular complexity index is 1050. The van der Waals surface area contributed by atoms with Gasteiger partial charge in [0.25, 0.3) is 0 Å². The summed E-state index contributed by atoms with van der Waals surface area (Å²) < 4.78 is 34.0. The molecule has 0 bridgehead atoms. The summed E-state index contributed by atoms with van der Waals surface area (Å²) >= 11 is 1.22. The monoisotopic (exact) mass is 432 g/mol. The van der Waals surface area contributed by atoms with Gasteiger partial charge in [-0.1, -0.05) is 11.3 Å². The average Bonchev–Trinajstić information content (AvgIpc) is 3.25. The van der Waals surface area contributed by atoms with E-state index in [4.69, 9.17) is 9.84 Å². The van der Waals surface area contributed by atoms with Crippen molar-refractivity contribution in [2.24, 2.45) is 0 Å². The van der Waals surface area contributed by atoms with Gasteiger partial charge in [0.2, 0.25) is 0 Å². The number of aromatic nitrogens is 3. The van der Waals surface area contributed by atoms with E-state index in [0.717, 1.165) is 36.5 Å². The van der Waals surface area contributed by atoms with E-state index < -0.39 is 24.0 Å². The van der Waals surface area contributed by atoms with E-state index in [1.165, 1.54) is 11.3 Å². The minimum Gasteiger partial charge on any atom is -0.388 e. The predicted molar refractivity (Wildman–Crippen MR) is 107 cm³/mol. The summed E-state index contributed by atoms with van der Waals surface area (Å²) in [5, 5.41) is 18.1. The molecule has 0 aliphatic carbocycles. The number of carbonyl (C=O) groups excluding carboxylic acids is 1. The molecule has 7 nitrogen and oxygen atoms in total. The second-order valence-electron chi connectivity index (χ2n) is 6.71. The highest BCUT2D eigenvalue weighted by atomic mass is 32.1. The third kappa shape index (κ3) is 4.35. The molecule has 0 saturated carbocycles. The highest BCUT2D eigenvalue weighted by Crippen LogP contribution is 2.29. The van der Waals surface area contributed by atoms with E-state index in [9.17, 15) is 13.6 Å². The first-order valence-corrected chi connectivity index (χ1v) is 10.1. The van der Waals surface area contributed by atoms with Crippen molar-refractivity contribution in [3.8, 4) is 10.6 Å². The fraction of sp³-hybridized carbons (Fsp3) is 0.300. The minimum atomic E-state index is -0.862. The fourth-order valence-corrected chi connectivity index (χ4v) is 3.99. The smallest absolute Gasteiger partial charge is 0.188 e. The Morgan fingerprint density at radius 3 is 2.57 bits per heavy atom. The molecule has 0 atom stereocenters. The Balaban J connectivity index is 1.55. The molecule has 156 valence electrons. The van der Waals surface area contributed by atoms with Crippen molar-refractivity contribution in [3.05, 3.63) is 58.4 Å². The van der Waals surface area contributed by atoms with E-state index in [1.807, 2.05) is 6.07 Å². The Kier molecular flexibility index (Phi) is 6.07. The summed E-state index contributed by atoms with van der Waals surface area (Å²) in [7, 11) is 0. The lowest BCUT2D eigenvalue weighted by Crippen LogP contribution is -2.36. The molecule has 0 amide bonds. The maximum atomic E-state index is 14.3. The quantitative estimate of drug-likeness (QED) is 0.599. The number of ether oxygens (including phenoxy) is 1. The van der Waals surface area contributed by atoms with Crippen LogP contribution in [0.3, 0.4) is 0 Å². The zero-order valence-electron chi connectivity index (χ0n) is 15.8. The number of aliphatic hydroxyl groups is 1. The number of anilines is 1. The van der Waals surface area contributed by atoms with Crippen LogP contribution in [-0.2, 0) is 11.2 Å². The highest BCUT2D eigenvalue weighted by molar-refractivity contribution is 7.14. The zero-order chi connectivity index (χ0) is 21.1. The number of hydrogen-bond acceptors (Lipinski definition) is 8. The van der Waals surface area contributed by atoms with Crippen LogP contribution in [0.2, 0.25) is 0 Å². The summed E-state index contributed by atoms with van der Waals surface area (Å²) in [6.45, 7) is 2.06. The maximum absolute atomic E-state index is 14.3. The van der Waals surface area contributed by atoms with Crippen LogP contribution in [0.25, 0.3) is 10.6 Å². The van der Waals surface area contributed by atoms with E-state index in [2.05, 4.69) is 20.1 Å². The summed E-state index contributed by atoms with van der Waals surface area (Å²) in [6, 6.07) is 3.81. The van der Waals surface area contributed by atoms with Crippen LogP contribution in [0.15, 0.2) is 30.6 Å². The Morgan fingerprint density at radius 1 is 1.13 bits per heavy atom. The standard InChI is InChI=1S/C20H18F2N4O3S/c21-16-6-12(18(28)11-27)7-17(22)15(16)8-19-24-25-20(30-19)13-5-14(10-23-9-13)26-1-3-29-4-2-26/h5-7,9-10,27H,1-4,8,11H2. The number of hydrogen-bond donors (Lipinski definition) is 1. The number of halogens is 2. The number of morpholine rings is 1. The summed E-state index contributed by atoms with van der Waals surface area (Å²) in [5.74, 6) is -2.47. The minimum absolute atomic E-state index is 0.0977. The van der Waals surface area contributed by atoms with E-state index >= 15 is 0 Å². The molecule has 10 heteroatoms. The van der Waals surface area contributed by atoms with Gasteiger partial charge in [-0.15, -0.1) is 10.2 Å². The Hall–Kier alpha value is -2.82. The van der Waals surface area contributed by atoms with Gasteiger partial charge in [-0.3, -0.25) is 9.78 Å². The fourth-order valence-electron chi connectivity index (χ4n) is 3.16. The largest absolute Gasteiger partial charge is 0.388 e. The topological polar surface area (TPSA) is 88.4 Å². The van der Waals surface area contributed by atoms with Gasteiger partial charge in [0.05, 0.1) is 25.1 Å². The summed E-state index contributed by atoms with van der Waals surface area (Å²) in [6.07, 6.45) is 3.35. The van der Waals surface area contributed by atoms with Crippen LogP contribution in [0.4, 0.5) is 14.5 Å². The number of rotatable bonds is 6. The zero-order valence-corrected chi connectivity index (χ0v) is 16.7. The molecule has 1 aliphatic heterocycles. The molecule has 0 spiro atoms. The molecule has 2 aromatic heterocycles. The first-order valence-electron chi connectivity index (χ1n) is 9.27. The number of benzene rings is 1. The molecule has 1 saturated heterocycles. The van der Waals surface area contributed by atoms with Gasteiger partial charge < -0.3 is 14.7 Å². The molecule has 1 fully saturated rings. The van der Waals surface area contributed by atoms with Crippen LogP contribution in [-0.4, -0.2) is 59.0 Å². The first-order chi connectivity index (χ1) is 14.5. The van der Waals surface area contributed by atoms with Crippen LogP contribution in [0, 0.1) is 11.6 Å². The lowest BCUT2D eigenvalue weighted by Gasteiger charge is -2.28. The number of Topliss-reactive ketones (excluding diaryl/α,β-unsaturated/α-hetero) is 1. The number of pyridine rings is 1. The molecule has 3 heterocycles. The SMILES string of the molecule is O=C(CO)c1cc(F)c(Cc2nnc(-c3cncc(N4CCOCC4)c3)s2)c(F)c1. The molecule has 1 aromatic carbocycles. The first kappa shape index (κ1) is 20.5. The van der Waals surface area contributed by atoms with Gasteiger partial charge in [-0.25, -0.2) is 8.78 Å². The predicted octanol–water partition coefficient (Wildman–Crippen LogP) is 2.48. The second-order valence-corrected chi connectivity index (χ2v) is 7.77. The normalized spacial score (nSPS) is 14.2. The molecule has 1 N–H and O–H groups in total. The molecule has 1 aliphatic rings. The van der Waals surface area contributed by atoms with Crippen LogP contribution in [0.1, 0.15) is 20.9 Å². The average molecular weight is 432 g/mol. The third-order valence-corrected chi connectivity index (χ3v) is 5.72. The van der Waals surface area contributed by atoms with Gasteiger partial charge in [0.1, 0.15) is 28.3 Å². The molecule has 30 heavy (non-hydrogen) atoms. The van der Waals surface area contributed by atoms with Crippen molar-refractivity contribution in [2.45, 2.75) is 6.42 Å². The lowest BCUT2D eigenvalue weighted by atomic mass is 10.1. The van der Waals surface area contributed by atoms with Gasteiger partial charge in [-0.2, -0.15) is 0 Å². The maximum Gasteiger partial charge on any atom is 0.188 e. The second kappa shape index (κ2) is 8.90. The molecular formula is C20H18F2N4O3S. The number of aliphatic hydroxyl groups excluding tert-OH is 1. The lowest BCUT2D eigenvalue weighted by molar-refractivity contribution is 0.0902. The number of ketones is 1. The van der Waals surface area contributed by atoms with E-state index in [-0.39, 0.29) is 17.5 Å². The van der Waals surface area contributed by atoms with Crippen LogP contribution < -0.4 is 4.90 Å². The Labute approximate surface area is 175 Å². The van der Waals surface area contributed by atoms with Gasteiger partial charge in [-0.05, 0) is 18.2 Å². The van der Waals surface area contributed by atoms with Gasteiger partial charge >= 0.3 is 0 Å². The van der Waals surface area contributed by atoms with Crippen molar-refractivity contribution in [3.63, 3.8) is 0 Å².